The van der Waals surface area contributed by atoms with Crippen LogP contribution in [-0.4, -0.2) is 30.6 Å². The summed E-state index contributed by atoms with van der Waals surface area (Å²) < 4.78 is 5.62. The van der Waals surface area contributed by atoms with Crippen molar-refractivity contribution in [3.63, 3.8) is 0 Å². The quantitative estimate of drug-likeness (QED) is 0.730. The number of hydrogen-bond donors (Lipinski definition) is 1. The molecule has 1 fully saturated rings. The molecule has 0 radical (unpaired) electrons. The SMILES string of the molecule is O=C(COc1ccc2ccccc2c1)NCc1ccc(N2CCCC2)nc1. The Morgan fingerprint density at radius 1 is 1.04 bits per heavy atom. The maximum atomic E-state index is 12.1. The number of ether oxygens (including phenoxy) is 1. The summed E-state index contributed by atoms with van der Waals surface area (Å²) in [4.78, 5) is 18.9. The minimum absolute atomic E-state index is 0.00235. The molecule has 4 rings (SSSR count). The standard InChI is InChI=1S/C22H23N3O2/c26-22(16-27-20-9-8-18-5-1-2-6-19(18)13-20)24-15-17-7-10-21(23-14-17)25-11-3-4-12-25/h1-2,5-10,13-14H,3-4,11-12,15-16H2,(H,24,26). The van der Waals surface area contributed by atoms with Gasteiger partial charge in [0.05, 0.1) is 0 Å². The zero-order chi connectivity index (χ0) is 18.5. The second-order valence-electron chi connectivity index (χ2n) is 6.79. The van der Waals surface area contributed by atoms with Crippen molar-refractivity contribution < 1.29 is 9.53 Å². The highest BCUT2D eigenvalue weighted by molar-refractivity contribution is 5.84. The van der Waals surface area contributed by atoms with E-state index in [1.165, 1.54) is 12.8 Å². The van der Waals surface area contributed by atoms with Gasteiger partial charge in [0, 0.05) is 25.8 Å². The number of hydrogen-bond acceptors (Lipinski definition) is 4. The lowest BCUT2D eigenvalue weighted by molar-refractivity contribution is -0.123. The van der Waals surface area contributed by atoms with Crippen LogP contribution in [0.2, 0.25) is 0 Å². The van der Waals surface area contributed by atoms with Crippen molar-refractivity contribution in [1.82, 2.24) is 10.3 Å². The topological polar surface area (TPSA) is 54.5 Å². The molecular formula is C22H23N3O2. The predicted octanol–water partition coefficient (Wildman–Crippen LogP) is 3.53. The molecule has 0 saturated carbocycles. The Balaban J connectivity index is 1.26. The van der Waals surface area contributed by atoms with E-state index in [0.717, 1.165) is 35.2 Å². The molecule has 0 bridgehead atoms. The van der Waals surface area contributed by atoms with Crippen LogP contribution >= 0.6 is 0 Å². The Morgan fingerprint density at radius 2 is 1.85 bits per heavy atom. The van der Waals surface area contributed by atoms with E-state index >= 15 is 0 Å². The molecule has 0 aliphatic carbocycles. The molecule has 2 heterocycles. The number of carbonyl (C=O) groups is 1. The van der Waals surface area contributed by atoms with Gasteiger partial charge in [0.25, 0.3) is 5.91 Å². The monoisotopic (exact) mass is 361 g/mol. The normalized spacial score (nSPS) is 13.7. The zero-order valence-corrected chi connectivity index (χ0v) is 15.2. The highest BCUT2D eigenvalue weighted by Gasteiger charge is 2.13. The van der Waals surface area contributed by atoms with Crippen LogP contribution in [0.25, 0.3) is 10.8 Å². The van der Waals surface area contributed by atoms with Crippen molar-refractivity contribution >= 4 is 22.5 Å². The maximum absolute atomic E-state index is 12.1. The van der Waals surface area contributed by atoms with Gasteiger partial charge >= 0.3 is 0 Å². The van der Waals surface area contributed by atoms with Crippen molar-refractivity contribution in [2.75, 3.05) is 24.6 Å². The number of nitrogens with one attached hydrogen (secondary N) is 1. The van der Waals surface area contributed by atoms with Gasteiger partial charge in [-0.05, 0) is 47.4 Å². The average Bonchev–Trinajstić information content (AvgIpc) is 3.26. The van der Waals surface area contributed by atoms with Gasteiger partial charge in [0.15, 0.2) is 6.61 Å². The van der Waals surface area contributed by atoms with E-state index in [-0.39, 0.29) is 12.5 Å². The molecule has 1 amide bonds. The minimum atomic E-state index is -0.147. The van der Waals surface area contributed by atoms with E-state index in [1.54, 1.807) is 0 Å². The zero-order valence-electron chi connectivity index (χ0n) is 15.2. The fraction of sp³-hybridized carbons (Fsp3) is 0.273. The molecule has 1 aliphatic heterocycles. The summed E-state index contributed by atoms with van der Waals surface area (Å²) in [5, 5.41) is 5.13. The second-order valence-corrected chi connectivity index (χ2v) is 6.79. The Kier molecular flexibility index (Phi) is 5.19. The van der Waals surface area contributed by atoms with E-state index < -0.39 is 0 Å². The van der Waals surface area contributed by atoms with Gasteiger partial charge in [0.2, 0.25) is 0 Å². The fourth-order valence-corrected chi connectivity index (χ4v) is 3.31. The lowest BCUT2D eigenvalue weighted by Gasteiger charge is -2.16. The molecule has 1 saturated heterocycles. The van der Waals surface area contributed by atoms with Crippen LogP contribution in [0, 0.1) is 0 Å². The molecule has 5 heteroatoms. The second kappa shape index (κ2) is 8.08. The van der Waals surface area contributed by atoms with E-state index in [2.05, 4.69) is 21.3 Å². The molecule has 2 aromatic carbocycles. The maximum Gasteiger partial charge on any atom is 0.258 e. The number of aromatic nitrogens is 1. The first-order chi connectivity index (χ1) is 13.3. The number of nitrogens with zero attached hydrogens (tertiary/aromatic N) is 2. The van der Waals surface area contributed by atoms with Gasteiger partial charge in [-0.15, -0.1) is 0 Å². The van der Waals surface area contributed by atoms with Gasteiger partial charge in [0.1, 0.15) is 11.6 Å². The summed E-state index contributed by atoms with van der Waals surface area (Å²) in [6.45, 7) is 2.61. The minimum Gasteiger partial charge on any atom is -0.484 e. The van der Waals surface area contributed by atoms with Gasteiger partial charge in [-0.2, -0.15) is 0 Å². The molecule has 3 aromatic rings. The van der Waals surface area contributed by atoms with Crippen LogP contribution in [-0.2, 0) is 11.3 Å². The third-order valence-corrected chi connectivity index (χ3v) is 4.82. The summed E-state index contributed by atoms with van der Waals surface area (Å²) in [6, 6.07) is 17.9. The highest BCUT2D eigenvalue weighted by Crippen LogP contribution is 2.20. The molecule has 5 nitrogen and oxygen atoms in total. The van der Waals surface area contributed by atoms with Crippen molar-refractivity contribution in [1.29, 1.82) is 0 Å². The van der Waals surface area contributed by atoms with Crippen LogP contribution in [0.1, 0.15) is 18.4 Å². The molecule has 1 aliphatic rings. The Labute approximate surface area is 159 Å². The number of amides is 1. The van der Waals surface area contributed by atoms with Crippen LogP contribution < -0.4 is 15.0 Å². The fourth-order valence-electron chi connectivity index (χ4n) is 3.31. The number of fused-ring (bicyclic) bond motifs is 1. The van der Waals surface area contributed by atoms with E-state index in [4.69, 9.17) is 4.74 Å². The third kappa shape index (κ3) is 4.37. The van der Waals surface area contributed by atoms with Gasteiger partial charge < -0.3 is 15.0 Å². The van der Waals surface area contributed by atoms with E-state index in [1.807, 2.05) is 54.7 Å². The Bertz CT molecular complexity index is 918. The van der Waals surface area contributed by atoms with Gasteiger partial charge in [-0.25, -0.2) is 4.98 Å². The molecular weight excluding hydrogens is 338 g/mol. The number of rotatable bonds is 6. The third-order valence-electron chi connectivity index (χ3n) is 4.82. The average molecular weight is 361 g/mol. The Morgan fingerprint density at radius 3 is 2.63 bits per heavy atom. The van der Waals surface area contributed by atoms with Crippen LogP contribution in [0.5, 0.6) is 5.75 Å². The van der Waals surface area contributed by atoms with E-state index in [0.29, 0.717) is 12.3 Å². The summed E-state index contributed by atoms with van der Waals surface area (Å²) in [7, 11) is 0. The molecule has 1 aromatic heterocycles. The van der Waals surface area contributed by atoms with Crippen molar-refractivity contribution in [2.24, 2.45) is 0 Å². The summed E-state index contributed by atoms with van der Waals surface area (Å²) >= 11 is 0. The summed E-state index contributed by atoms with van der Waals surface area (Å²) in [5.41, 5.74) is 0.983. The molecule has 1 N–H and O–H groups in total. The van der Waals surface area contributed by atoms with Crippen LogP contribution in [0.3, 0.4) is 0 Å². The lowest BCUT2D eigenvalue weighted by atomic mass is 10.1. The first kappa shape index (κ1) is 17.3. The molecule has 0 spiro atoms. The first-order valence-electron chi connectivity index (χ1n) is 9.36. The number of carbonyl (C=O) groups excluding carboxylic acids is 1. The van der Waals surface area contributed by atoms with Gasteiger partial charge in [-0.1, -0.05) is 36.4 Å². The van der Waals surface area contributed by atoms with Crippen LogP contribution in [0.15, 0.2) is 60.8 Å². The van der Waals surface area contributed by atoms with Crippen molar-refractivity contribution in [3.8, 4) is 5.75 Å². The molecule has 138 valence electrons. The Hall–Kier alpha value is -3.08. The number of anilines is 1. The van der Waals surface area contributed by atoms with Gasteiger partial charge in [-0.3, -0.25) is 4.79 Å². The lowest BCUT2D eigenvalue weighted by Crippen LogP contribution is -2.28. The van der Waals surface area contributed by atoms with Crippen molar-refractivity contribution in [2.45, 2.75) is 19.4 Å². The van der Waals surface area contributed by atoms with E-state index in [9.17, 15) is 4.79 Å². The molecule has 0 atom stereocenters. The first-order valence-corrected chi connectivity index (χ1v) is 9.36. The molecule has 27 heavy (non-hydrogen) atoms. The molecule has 0 unspecified atom stereocenters. The van der Waals surface area contributed by atoms with Crippen molar-refractivity contribution in [3.05, 3.63) is 66.4 Å². The van der Waals surface area contributed by atoms with Crippen LogP contribution in [0.4, 0.5) is 5.82 Å². The highest BCUT2D eigenvalue weighted by atomic mass is 16.5. The number of benzene rings is 2. The smallest absolute Gasteiger partial charge is 0.258 e. The number of pyridine rings is 1. The summed E-state index contributed by atoms with van der Waals surface area (Å²) in [5.74, 6) is 1.56. The largest absolute Gasteiger partial charge is 0.484 e. The summed E-state index contributed by atoms with van der Waals surface area (Å²) in [6.07, 6.45) is 4.30. The predicted molar refractivity (Wildman–Crippen MR) is 107 cm³/mol.